The maximum absolute atomic E-state index is 14.3. The number of anilines is 1. The van der Waals surface area contributed by atoms with E-state index >= 15 is 0 Å². The molecule has 1 aromatic rings. The van der Waals surface area contributed by atoms with E-state index in [1.807, 2.05) is 13.1 Å². The highest BCUT2D eigenvalue weighted by Gasteiger charge is 2.65. The van der Waals surface area contributed by atoms with Gasteiger partial charge in [-0.2, -0.15) is 17.6 Å². The first kappa shape index (κ1) is 21.3. The number of carbonyl (C=O) groups excluding carboxylic acids is 1. The number of halogens is 5. The molecule has 140 valence electrons. The SMILES string of the molecule is C=C[Si](C)(C)CCN(C(=O)C(F)(OCF)C(F)(F)F)c1ccccc1. The van der Waals surface area contributed by atoms with Gasteiger partial charge in [0.15, 0.2) is 6.86 Å². The summed E-state index contributed by atoms with van der Waals surface area (Å²) in [4.78, 5) is 13.0. The van der Waals surface area contributed by atoms with E-state index in [1.54, 1.807) is 11.8 Å². The van der Waals surface area contributed by atoms with E-state index in [1.165, 1.54) is 24.3 Å². The summed E-state index contributed by atoms with van der Waals surface area (Å²) in [6.07, 6.45) is -5.71. The minimum absolute atomic E-state index is 0.0649. The zero-order chi connectivity index (χ0) is 19.3. The predicted octanol–water partition coefficient (Wildman–Crippen LogP) is 4.62. The second-order valence-corrected chi connectivity index (χ2v) is 11.0. The van der Waals surface area contributed by atoms with E-state index in [0.717, 1.165) is 0 Å². The Labute approximate surface area is 144 Å². The molecule has 0 aromatic heterocycles. The molecule has 0 saturated carbocycles. The summed E-state index contributed by atoms with van der Waals surface area (Å²) >= 11 is 0. The standard InChI is InChI=1S/C16H20F5NO2Si/c1-4-25(2,3)11-10-22(13-8-6-5-7-9-13)14(23)15(18,24-12-17)16(19,20)21/h4-9H,1,10-12H2,2-3H3. The van der Waals surface area contributed by atoms with Gasteiger partial charge in [0.2, 0.25) is 0 Å². The van der Waals surface area contributed by atoms with Gasteiger partial charge in [-0.25, -0.2) is 4.39 Å². The van der Waals surface area contributed by atoms with E-state index in [0.29, 0.717) is 10.9 Å². The Hall–Kier alpha value is -1.74. The Balaban J connectivity index is 3.26. The number of amides is 1. The molecule has 0 aliphatic heterocycles. The van der Waals surface area contributed by atoms with E-state index < -0.39 is 32.9 Å². The molecular weight excluding hydrogens is 361 g/mol. The predicted molar refractivity (Wildman–Crippen MR) is 88.2 cm³/mol. The lowest BCUT2D eigenvalue weighted by molar-refractivity contribution is -0.321. The van der Waals surface area contributed by atoms with Gasteiger partial charge in [0.1, 0.15) is 0 Å². The van der Waals surface area contributed by atoms with Gasteiger partial charge in [0, 0.05) is 12.2 Å². The first-order valence-electron chi connectivity index (χ1n) is 7.44. The lowest BCUT2D eigenvalue weighted by Gasteiger charge is -2.33. The number of alkyl halides is 5. The quantitative estimate of drug-likeness (QED) is 0.486. The molecule has 0 fully saturated rings. The normalized spacial score (nSPS) is 14.7. The number of carbonyl (C=O) groups is 1. The maximum Gasteiger partial charge on any atom is 0.458 e. The van der Waals surface area contributed by atoms with Crippen molar-refractivity contribution < 1.29 is 31.5 Å². The molecule has 3 nitrogen and oxygen atoms in total. The van der Waals surface area contributed by atoms with Crippen LogP contribution in [-0.2, 0) is 9.53 Å². The van der Waals surface area contributed by atoms with Crippen molar-refractivity contribution in [2.24, 2.45) is 0 Å². The summed E-state index contributed by atoms with van der Waals surface area (Å²) in [6, 6.07) is 7.67. The number of rotatable bonds is 8. The number of para-hydroxylation sites is 1. The molecule has 1 amide bonds. The van der Waals surface area contributed by atoms with Gasteiger partial charge in [-0.15, -0.1) is 12.3 Å². The molecule has 0 bridgehead atoms. The Kier molecular flexibility index (Phi) is 6.89. The first-order valence-corrected chi connectivity index (χ1v) is 10.7. The lowest BCUT2D eigenvalue weighted by Crippen LogP contribution is -2.57. The van der Waals surface area contributed by atoms with Gasteiger partial charge < -0.3 is 4.90 Å². The monoisotopic (exact) mass is 381 g/mol. The highest BCUT2D eigenvalue weighted by Crippen LogP contribution is 2.38. The Morgan fingerprint density at radius 1 is 1.24 bits per heavy atom. The molecule has 0 spiro atoms. The minimum atomic E-state index is -5.71. The van der Waals surface area contributed by atoms with Crippen LogP contribution in [0.5, 0.6) is 0 Å². The van der Waals surface area contributed by atoms with Crippen LogP contribution in [0.3, 0.4) is 0 Å². The zero-order valence-corrected chi connectivity index (χ0v) is 14.9. The molecule has 0 aliphatic rings. The van der Waals surface area contributed by atoms with Crippen LogP contribution in [0.2, 0.25) is 19.1 Å². The maximum atomic E-state index is 14.3. The van der Waals surface area contributed by atoms with Crippen LogP contribution < -0.4 is 4.90 Å². The number of hydrogen-bond acceptors (Lipinski definition) is 2. The molecular formula is C16H20F5NO2Si. The third-order valence-electron chi connectivity index (χ3n) is 3.74. The smallest absolute Gasteiger partial charge is 0.307 e. The number of nitrogens with zero attached hydrogens (tertiary/aromatic N) is 1. The highest BCUT2D eigenvalue weighted by atomic mass is 28.3. The molecule has 1 aromatic carbocycles. The number of benzene rings is 1. The molecule has 0 heterocycles. The highest BCUT2D eigenvalue weighted by molar-refractivity contribution is 6.82. The van der Waals surface area contributed by atoms with Crippen LogP contribution in [0, 0.1) is 0 Å². The molecule has 0 saturated heterocycles. The van der Waals surface area contributed by atoms with Crippen molar-refractivity contribution in [3.8, 4) is 0 Å². The average molecular weight is 381 g/mol. The molecule has 1 atom stereocenters. The summed E-state index contributed by atoms with van der Waals surface area (Å²) in [5.41, 5.74) is 1.78. The fraction of sp³-hybridized carbons (Fsp3) is 0.438. The summed E-state index contributed by atoms with van der Waals surface area (Å²) in [5.74, 6) is -6.75. The van der Waals surface area contributed by atoms with Crippen LogP contribution in [0.1, 0.15) is 0 Å². The van der Waals surface area contributed by atoms with Crippen molar-refractivity contribution in [2.45, 2.75) is 31.2 Å². The first-order chi connectivity index (χ1) is 11.5. The summed E-state index contributed by atoms with van der Waals surface area (Å²) in [5, 5.41) is 0. The fourth-order valence-corrected chi connectivity index (χ4v) is 2.98. The molecule has 9 heteroatoms. The van der Waals surface area contributed by atoms with Gasteiger partial charge in [0.05, 0.1) is 8.07 Å². The summed E-state index contributed by atoms with van der Waals surface area (Å²) in [6.45, 7) is 5.22. The van der Waals surface area contributed by atoms with Crippen molar-refractivity contribution >= 4 is 19.7 Å². The molecule has 0 aliphatic carbocycles. The molecule has 25 heavy (non-hydrogen) atoms. The van der Waals surface area contributed by atoms with Crippen LogP contribution in [0.25, 0.3) is 0 Å². The van der Waals surface area contributed by atoms with Crippen LogP contribution >= 0.6 is 0 Å². The zero-order valence-electron chi connectivity index (χ0n) is 13.9. The van der Waals surface area contributed by atoms with Crippen LogP contribution in [0.15, 0.2) is 42.6 Å². The van der Waals surface area contributed by atoms with Gasteiger partial charge in [-0.1, -0.05) is 31.3 Å². The Bertz CT molecular complexity index is 594. The summed E-state index contributed by atoms with van der Waals surface area (Å²) in [7, 11) is -1.99. The molecule has 0 N–H and O–H groups in total. The van der Waals surface area contributed by atoms with Gasteiger partial charge in [-0.3, -0.25) is 9.53 Å². The van der Waals surface area contributed by atoms with Gasteiger partial charge >= 0.3 is 17.9 Å². The van der Waals surface area contributed by atoms with Crippen molar-refractivity contribution in [1.29, 1.82) is 0 Å². The van der Waals surface area contributed by atoms with Crippen LogP contribution in [-0.4, -0.2) is 39.4 Å². The second-order valence-electron chi connectivity index (χ2n) is 6.08. The largest absolute Gasteiger partial charge is 0.458 e. The number of ether oxygens (including phenoxy) is 1. The minimum Gasteiger partial charge on any atom is -0.307 e. The van der Waals surface area contributed by atoms with Crippen molar-refractivity contribution in [2.75, 3.05) is 18.3 Å². The Morgan fingerprint density at radius 3 is 2.24 bits per heavy atom. The molecule has 1 unspecified atom stereocenters. The Morgan fingerprint density at radius 2 is 1.80 bits per heavy atom. The number of hydrogen-bond donors (Lipinski definition) is 0. The fourth-order valence-electron chi connectivity index (χ4n) is 1.97. The topological polar surface area (TPSA) is 29.5 Å². The van der Waals surface area contributed by atoms with E-state index in [4.69, 9.17) is 0 Å². The van der Waals surface area contributed by atoms with Crippen molar-refractivity contribution in [3.05, 3.63) is 42.6 Å². The van der Waals surface area contributed by atoms with E-state index in [-0.39, 0.29) is 12.2 Å². The van der Waals surface area contributed by atoms with Crippen molar-refractivity contribution in [1.82, 2.24) is 0 Å². The lowest BCUT2D eigenvalue weighted by atomic mass is 10.2. The molecule has 0 radical (unpaired) electrons. The third kappa shape index (κ3) is 5.11. The second kappa shape index (κ2) is 8.09. The van der Waals surface area contributed by atoms with Crippen LogP contribution in [0.4, 0.5) is 27.6 Å². The van der Waals surface area contributed by atoms with Gasteiger partial charge in [0.25, 0.3) is 0 Å². The molecule has 1 rings (SSSR count). The van der Waals surface area contributed by atoms with Crippen molar-refractivity contribution in [3.63, 3.8) is 0 Å². The van der Waals surface area contributed by atoms with Gasteiger partial charge in [-0.05, 0) is 18.2 Å². The van der Waals surface area contributed by atoms with E-state index in [2.05, 4.69) is 11.3 Å². The van der Waals surface area contributed by atoms with E-state index in [9.17, 15) is 26.7 Å². The third-order valence-corrected chi connectivity index (χ3v) is 6.36. The average Bonchev–Trinajstić information content (AvgIpc) is 2.55. The summed E-state index contributed by atoms with van der Waals surface area (Å²) < 4.78 is 69.3.